The molecule has 8 heteroatoms. The minimum absolute atomic E-state index is 0.287. The Balaban J connectivity index is 1.91. The normalized spacial score (nSPS) is 16.5. The Labute approximate surface area is 185 Å². The molecule has 1 atom stereocenters. The monoisotopic (exact) mass is 457 g/mol. The molecule has 1 aliphatic carbocycles. The van der Waals surface area contributed by atoms with Gasteiger partial charge < -0.3 is 0 Å². The number of amides is 1. The number of halogens is 1. The van der Waals surface area contributed by atoms with Crippen LogP contribution < -0.4 is 0 Å². The lowest BCUT2D eigenvalue weighted by atomic mass is 10.1. The third-order valence-electron chi connectivity index (χ3n) is 5.13. The van der Waals surface area contributed by atoms with Crippen LogP contribution in [0.1, 0.15) is 34.5 Å². The number of benzene rings is 2. The van der Waals surface area contributed by atoms with Crippen molar-refractivity contribution in [1.29, 1.82) is 0 Å². The summed E-state index contributed by atoms with van der Waals surface area (Å²) in [6.45, 7) is 1.94. The quantitative estimate of drug-likeness (QED) is 0.286. The van der Waals surface area contributed by atoms with Gasteiger partial charge in [0.05, 0.1) is 15.4 Å². The average Bonchev–Trinajstić information content (AvgIpc) is 3.57. The lowest BCUT2D eigenvalue weighted by molar-refractivity contribution is 0.100. The minimum Gasteiger partial charge on any atom is -0.266 e. The molecular formula is C22H20ClN3O2S2. The Morgan fingerprint density at radius 3 is 2.37 bits per heavy atom. The Morgan fingerprint density at radius 2 is 1.77 bits per heavy atom. The Morgan fingerprint density at radius 1 is 1.10 bits per heavy atom. The number of aryl methyl sites for hydroxylation is 1. The molecule has 2 aromatic carbocycles. The van der Waals surface area contributed by atoms with Gasteiger partial charge in [0.2, 0.25) is 0 Å². The van der Waals surface area contributed by atoms with Gasteiger partial charge in [-0.25, -0.2) is 14.2 Å². The number of nitrogens with zero attached hydrogens (tertiary/aromatic N) is 3. The van der Waals surface area contributed by atoms with Gasteiger partial charge in [0.15, 0.2) is 5.16 Å². The van der Waals surface area contributed by atoms with Crippen molar-refractivity contribution in [3.63, 3.8) is 0 Å². The van der Waals surface area contributed by atoms with Crippen molar-refractivity contribution in [3.8, 4) is 0 Å². The number of rotatable bonds is 5. The zero-order valence-corrected chi connectivity index (χ0v) is 18.9. The number of hydrogen-bond donors (Lipinski definition) is 0. The predicted octanol–water partition coefficient (Wildman–Crippen LogP) is 5.52. The van der Waals surface area contributed by atoms with E-state index in [1.165, 1.54) is 11.8 Å². The molecule has 1 fully saturated rings. The summed E-state index contributed by atoms with van der Waals surface area (Å²) in [5, 5.41) is 0.791. The van der Waals surface area contributed by atoms with Gasteiger partial charge in [-0.05, 0) is 56.4 Å². The zero-order chi connectivity index (χ0) is 21.4. The van der Waals surface area contributed by atoms with E-state index in [1.807, 2.05) is 31.4 Å². The molecule has 0 N–H and O–H groups in total. The van der Waals surface area contributed by atoms with E-state index in [0.717, 1.165) is 5.56 Å². The van der Waals surface area contributed by atoms with E-state index in [2.05, 4.69) is 14.3 Å². The lowest BCUT2D eigenvalue weighted by Gasteiger charge is -2.21. The number of thioether (sulfide) groups is 1. The van der Waals surface area contributed by atoms with Crippen LogP contribution in [-0.2, 0) is 14.5 Å². The van der Waals surface area contributed by atoms with Crippen LogP contribution in [0, 0.1) is 6.92 Å². The van der Waals surface area contributed by atoms with Crippen molar-refractivity contribution in [1.82, 2.24) is 9.97 Å². The molecule has 1 saturated carbocycles. The van der Waals surface area contributed by atoms with E-state index in [0.29, 0.717) is 34.2 Å². The van der Waals surface area contributed by atoms with Gasteiger partial charge in [-0.15, -0.1) is 0 Å². The molecule has 1 unspecified atom stereocenters. The van der Waals surface area contributed by atoms with Crippen molar-refractivity contribution in [2.45, 2.75) is 34.6 Å². The molecule has 0 bridgehead atoms. The fourth-order valence-corrected chi connectivity index (χ4v) is 6.60. The van der Waals surface area contributed by atoms with Gasteiger partial charge in [-0.1, -0.05) is 59.3 Å². The lowest BCUT2D eigenvalue weighted by Crippen LogP contribution is -2.24. The highest BCUT2D eigenvalue weighted by molar-refractivity contribution is 7.98. The fraction of sp³-hybridized carbons (Fsp3) is 0.227. The summed E-state index contributed by atoms with van der Waals surface area (Å²) in [6.07, 6.45) is 3.06. The molecule has 1 heterocycles. The molecule has 0 saturated heterocycles. The molecule has 4 rings (SSSR count). The average molecular weight is 458 g/mol. The molecule has 3 aromatic rings. The van der Waals surface area contributed by atoms with Crippen molar-refractivity contribution < 1.29 is 9.00 Å². The summed E-state index contributed by atoms with van der Waals surface area (Å²) in [6, 6.07) is 17.7. The van der Waals surface area contributed by atoms with Gasteiger partial charge in [0.1, 0.15) is 9.90 Å². The van der Waals surface area contributed by atoms with Crippen molar-refractivity contribution in [3.05, 3.63) is 82.6 Å². The Hall–Kier alpha value is -2.22. The Kier molecular flexibility index (Phi) is 5.70. The summed E-state index contributed by atoms with van der Waals surface area (Å²) in [7, 11) is -3.17. The van der Waals surface area contributed by atoms with Gasteiger partial charge >= 0.3 is 0 Å². The smallest absolute Gasteiger partial charge is 0.266 e. The number of carbonyl (C=O) groups excluding carboxylic acids is 1. The van der Waals surface area contributed by atoms with Crippen LogP contribution in [0.15, 0.2) is 75.1 Å². The topological polar surface area (TPSA) is 72.3 Å². The number of carbonyl (C=O) groups is 1. The molecule has 1 amide bonds. The number of hydrogen-bond acceptors (Lipinski definition) is 5. The van der Waals surface area contributed by atoms with Crippen molar-refractivity contribution in [2.75, 3.05) is 6.26 Å². The SMILES string of the molecule is CSc1nc(Cl)cc(C2(S(=O)(=NC(=O)c3ccc(C)cc3)c3ccccc3)CC2)n1. The number of aromatic nitrogens is 2. The second-order valence-corrected chi connectivity index (χ2v) is 10.8. The fourth-order valence-electron chi connectivity index (χ4n) is 3.35. The molecule has 30 heavy (non-hydrogen) atoms. The van der Waals surface area contributed by atoms with E-state index in [1.54, 1.807) is 42.5 Å². The Bertz CT molecular complexity index is 1220. The highest BCUT2D eigenvalue weighted by atomic mass is 35.5. The highest BCUT2D eigenvalue weighted by Crippen LogP contribution is 2.56. The first kappa shape index (κ1) is 21.0. The van der Waals surface area contributed by atoms with Crippen LogP contribution in [0.2, 0.25) is 5.15 Å². The van der Waals surface area contributed by atoms with E-state index < -0.39 is 20.4 Å². The molecule has 0 spiro atoms. The maximum absolute atomic E-state index is 14.5. The largest absolute Gasteiger partial charge is 0.285 e. The van der Waals surface area contributed by atoms with Crippen LogP contribution >= 0.6 is 23.4 Å². The molecule has 1 aliphatic rings. The van der Waals surface area contributed by atoms with Gasteiger partial charge in [0, 0.05) is 10.5 Å². The second kappa shape index (κ2) is 8.13. The third-order valence-corrected chi connectivity index (χ3v) is 8.88. The van der Waals surface area contributed by atoms with Crippen LogP contribution in [0.4, 0.5) is 0 Å². The molecule has 0 radical (unpaired) electrons. The summed E-state index contributed by atoms with van der Waals surface area (Å²) in [4.78, 5) is 22.3. The maximum atomic E-state index is 14.5. The molecule has 0 aliphatic heterocycles. The molecular weight excluding hydrogens is 438 g/mol. The summed E-state index contributed by atoms with van der Waals surface area (Å²) in [5.41, 5.74) is 2.01. The van der Waals surface area contributed by atoms with Crippen LogP contribution in [-0.4, -0.2) is 26.3 Å². The summed E-state index contributed by atoms with van der Waals surface area (Å²) < 4.78 is 18.0. The first-order valence-electron chi connectivity index (χ1n) is 9.40. The molecule has 1 aromatic heterocycles. The third kappa shape index (κ3) is 3.77. The minimum atomic E-state index is -3.17. The van der Waals surface area contributed by atoms with Crippen molar-refractivity contribution >= 4 is 39.0 Å². The van der Waals surface area contributed by atoms with Gasteiger partial charge in [0.25, 0.3) is 5.91 Å². The van der Waals surface area contributed by atoms with E-state index >= 15 is 0 Å². The summed E-state index contributed by atoms with van der Waals surface area (Å²) >= 11 is 7.58. The van der Waals surface area contributed by atoms with E-state index in [4.69, 9.17) is 11.6 Å². The first-order chi connectivity index (χ1) is 14.4. The first-order valence-corrected chi connectivity index (χ1v) is 12.5. The van der Waals surface area contributed by atoms with Crippen LogP contribution in [0.25, 0.3) is 0 Å². The molecule has 5 nitrogen and oxygen atoms in total. The van der Waals surface area contributed by atoms with E-state index in [9.17, 15) is 9.00 Å². The maximum Gasteiger partial charge on any atom is 0.285 e. The predicted molar refractivity (Wildman–Crippen MR) is 121 cm³/mol. The second-order valence-electron chi connectivity index (χ2n) is 7.16. The van der Waals surface area contributed by atoms with E-state index in [-0.39, 0.29) is 5.15 Å². The summed E-state index contributed by atoms with van der Waals surface area (Å²) in [5.74, 6) is -0.500. The standard InChI is InChI=1S/C22H20ClN3O2S2/c1-15-8-10-16(11-9-15)20(27)26-30(28,17-6-4-3-5-7-17)22(12-13-22)18-14-19(23)25-21(24-18)29-2/h3-11,14H,12-13H2,1-2H3. The highest BCUT2D eigenvalue weighted by Gasteiger charge is 2.56. The van der Waals surface area contributed by atoms with Gasteiger partial charge in [-0.3, -0.25) is 4.79 Å². The van der Waals surface area contributed by atoms with Gasteiger partial charge in [-0.2, -0.15) is 4.36 Å². The van der Waals surface area contributed by atoms with Crippen molar-refractivity contribution in [2.24, 2.45) is 4.36 Å². The molecule has 154 valence electrons. The van der Waals surface area contributed by atoms with Crippen LogP contribution in [0.5, 0.6) is 0 Å². The zero-order valence-electron chi connectivity index (χ0n) is 16.5. The van der Waals surface area contributed by atoms with Crippen LogP contribution in [0.3, 0.4) is 0 Å².